The fraction of sp³-hybridized carbons (Fsp3) is 0.615. The Labute approximate surface area is 512 Å². The minimum absolute atomic E-state index is 0.0442. The van der Waals surface area contributed by atoms with Gasteiger partial charge in [0.2, 0.25) is 0 Å². The summed E-state index contributed by atoms with van der Waals surface area (Å²) >= 11 is 0. The summed E-state index contributed by atoms with van der Waals surface area (Å²) < 4.78 is 31.8. The van der Waals surface area contributed by atoms with Crippen LogP contribution in [-0.2, 0) is 73.3 Å². The fourth-order valence-corrected chi connectivity index (χ4v) is 9.66. The highest BCUT2D eigenvalue weighted by molar-refractivity contribution is 6.76. The number of carboxylic acids is 1. The highest BCUT2D eigenvalue weighted by Crippen LogP contribution is 2.22. The van der Waals surface area contributed by atoms with Gasteiger partial charge in [0, 0.05) is 42.7 Å². The molecule has 17 nitrogen and oxygen atoms in total. The van der Waals surface area contributed by atoms with E-state index in [2.05, 4.69) is 74.9 Å². The molecule has 0 aliphatic heterocycles. The van der Waals surface area contributed by atoms with E-state index in [0.717, 1.165) is 51.5 Å². The van der Waals surface area contributed by atoms with Crippen molar-refractivity contribution in [1.82, 2.24) is 16.0 Å². The van der Waals surface area contributed by atoms with Gasteiger partial charge in [-0.25, -0.2) is 19.2 Å². The van der Waals surface area contributed by atoms with E-state index in [4.69, 9.17) is 28.4 Å². The van der Waals surface area contributed by atoms with Crippen LogP contribution in [0.1, 0.15) is 135 Å². The van der Waals surface area contributed by atoms with E-state index in [1.807, 2.05) is 111 Å². The molecule has 0 aliphatic rings. The number of hydrogen-bond donors (Lipinski definition) is 4. The first kappa shape index (κ1) is 77.0. The Hall–Kier alpha value is -6.00. The van der Waals surface area contributed by atoms with Gasteiger partial charge in [-0.15, -0.1) is 0 Å². The zero-order valence-electron chi connectivity index (χ0n) is 55.6. The minimum atomic E-state index is -1.26. The molecule has 0 saturated heterocycles. The van der Waals surface area contributed by atoms with Crippen LogP contribution in [0.3, 0.4) is 0 Å². The second kappa shape index (κ2) is 35.0. The third-order valence-corrected chi connectivity index (χ3v) is 17.5. The Kier molecular flexibility index (Phi) is 31.7. The van der Waals surface area contributed by atoms with Crippen molar-refractivity contribution in [1.29, 1.82) is 0 Å². The number of alkyl carbamates (subject to hydrolysis) is 3. The zero-order valence-corrected chi connectivity index (χ0v) is 58.6. The van der Waals surface area contributed by atoms with Crippen LogP contribution in [0.4, 0.5) is 14.4 Å². The van der Waals surface area contributed by atoms with Gasteiger partial charge < -0.3 is 49.5 Å². The Bertz CT molecular complexity index is 2550. The summed E-state index contributed by atoms with van der Waals surface area (Å²) in [4.78, 5) is 83.5. The molecule has 2 unspecified atom stereocenters. The van der Waals surface area contributed by atoms with Gasteiger partial charge in [0.25, 0.3) is 0 Å². The van der Waals surface area contributed by atoms with Crippen molar-refractivity contribution in [3.8, 4) is 0 Å². The smallest absolute Gasteiger partial charge is 0.408 e. The molecular weight excluding hydrogens is 1130 g/mol. The van der Waals surface area contributed by atoms with Crippen molar-refractivity contribution in [2.45, 2.75) is 240 Å². The topological polar surface area (TPSA) is 231 Å². The van der Waals surface area contributed by atoms with E-state index in [1.165, 1.54) is 0 Å². The summed E-state index contributed by atoms with van der Waals surface area (Å²) in [5.41, 5.74) is 3.85. The van der Waals surface area contributed by atoms with E-state index in [1.54, 1.807) is 52.0 Å². The fourth-order valence-electron chi connectivity index (χ4n) is 7.52. The lowest BCUT2D eigenvalue weighted by molar-refractivity contribution is -0.145. The van der Waals surface area contributed by atoms with Crippen LogP contribution in [0.2, 0.25) is 77.1 Å². The Morgan fingerprint density at radius 3 is 1.01 bits per heavy atom. The van der Waals surface area contributed by atoms with Crippen LogP contribution in [0.5, 0.6) is 0 Å². The van der Waals surface area contributed by atoms with Crippen molar-refractivity contribution in [3.63, 3.8) is 0 Å². The van der Waals surface area contributed by atoms with Crippen LogP contribution in [0.25, 0.3) is 0 Å². The molecule has 85 heavy (non-hydrogen) atoms. The van der Waals surface area contributed by atoms with Crippen LogP contribution >= 0.6 is 0 Å². The molecule has 5 atom stereocenters. The number of hydrogen-bond acceptors (Lipinski definition) is 13. The molecule has 0 fully saturated rings. The molecule has 20 heteroatoms. The number of nitrogens with one attached hydrogen (secondary N) is 3. The summed E-state index contributed by atoms with van der Waals surface area (Å²) in [6.07, 6.45) is 0.177. The number of esters is 3. The van der Waals surface area contributed by atoms with Crippen LogP contribution in [0, 0.1) is 0 Å². The number of rotatable bonds is 25. The lowest BCUT2D eigenvalue weighted by Crippen LogP contribution is -2.44. The highest BCUT2D eigenvalue weighted by atomic mass is 28.3. The molecule has 0 saturated carbocycles. The van der Waals surface area contributed by atoms with E-state index in [0.29, 0.717) is 32.7 Å². The van der Waals surface area contributed by atoms with E-state index >= 15 is 0 Å². The number of carbonyl (C=O) groups excluding carboxylic acids is 6. The lowest BCUT2D eigenvalue weighted by atomic mass is 9.98. The van der Waals surface area contributed by atoms with E-state index in [9.17, 15) is 38.7 Å². The lowest BCUT2D eigenvalue weighted by Gasteiger charge is -2.22. The summed E-state index contributed by atoms with van der Waals surface area (Å²) in [7, 11) is -3.64. The molecule has 3 aromatic rings. The SMILES string of the molecule is CC(C(=O)OCC[Si](C)(C)C)c1ccc(C[C@@H](C)NC(=O)OC(C)(C)C)cc1.CC(C(=O)OCC[Si](C)(C)C)c1ccc(C[C@H](NC(=O)OC(C)(C)C)C(=O)O)cc1.C[C@H](Cc1ccc(CC(=O)OCC[Si](C)(C)C)cc1)NC(=O)OC(C)(C)C. The number of amides is 3. The minimum Gasteiger partial charge on any atom is -0.480 e. The van der Waals surface area contributed by atoms with Gasteiger partial charge in [0.15, 0.2) is 0 Å². The average Bonchev–Trinajstić information content (AvgIpc) is 3.49. The molecule has 0 spiro atoms. The molecule has 478 valence electrons. The first-order valence-corrected chi connectivity index (χ1v) is 40.9. The molecule has 0 heterocycles. The molecule has 0 aliphatic carbocycles. The van der Waals surface area contributed by atoms with Gasteiger partial charge in [-0.05, 0) is 154 Å². The van der Waals surface area contributed by atoms with Gasteiger partial charge in [-0.3, -0.25) is 14.4 Å². The molecule has 0 aromatic heterocycles. The molecule has 4 N–H and O–H groups in total. The van der Waals surface area contributed by atoms with Crippen LogP contribution in [-0.4, -0.2) is 126 Å². The second-order valence-electron chi connectivity index (χ2n) is 28.7. The maximum atomic E-state index is 12.3. The van der Waals surface area contributed by atoms with Gasteiger partial charge in [0.05, 0.1) is 38.1 Å². The van der Waals surface area contributed by atoms with E-state index < -0.39 is 77.2 Å². The summed E-state index contributed by atoms with van der Waals surface area (Å²) in [5, 5.41) is 17.5. The first-order chi connectivity index (χ1) is 38.8. The molecular formula is C65H107N3O14Si3. The van der Waals surface area contributed by atoms with Crippen molar-refractivity contribution in [3.05, 3.63) is 106 Å². The molecule has 3 amide bonds. The van der Waals surface area contributed by atoms with Crippen molar-refractivity contribution in [2.75, 3.05) is 19.8 Å². The number of aliphatic carboxylic acids is 1. The second-order valence-corrected chi connectivity index (χ2v) is 45.5. The standard InChI is InChI=1S/C22H35NO6Si.C22H37NO4Si.C21H35NO4Si/c1-15(20(26)28-12-13-30(5,6)7)17-10-8-16(9-11-17)14-18(19(24)25)23-21(27)29-22(2,3)4;1-16(23-21(25)27-22(3,4)5)15-18-9-11-19(12-10-18)17(2)20(24)26-13-14-28(6,7)8;1-16(22-20(24)26-21(2,3)4)14-17-8-10-18(11-9-17)15-19(23)25-12-13-27(5,6)7/h8-11,15,18H,12-14H2,1-7H3,(H,23,27)(H,24,25);9-12,16-17H,13-15H2,1-8H3,(H,23,25);8-11,16H,12-15H2,1-7H3,(H,22,24)/t15?,18-;16-,17?;16-/m011/s1. The van der Waals surface area contributed by atoms with Gasteiger partial charge in [-0.2, -0.15) is 0 Å². The molecule has 3 rings (SSSR count). The Morgan fingerprint density at radius 1 is 0.424 bits per heavy atom. The number of carboxylic acid groups (broad SMARTS) is 1. The van der Waals surface area contributed by atoms with Crippen LogP contribution in [0.15, 0.2) is 72.8 Å². The normalized spacial score (nSPS) is 13.7. The summed E-state index contributed by atoms with van der Waals surface area (Å²) in [5.74, 6) is -2.46. The third kappa shape index (κ3) is 38.6. The molecule has 0 radical (unpaired) electrons. The third-order valence-electron chi connectivity index (χ3n) is 12.4. The van der Waals surface area contributed by atoms with Crippen molar-refractivity contribution < 1.29 is 67.1 Å². The first-order valence-electron chi connectivity index (χ1n) is 29.7. The van der Waals surface area contributed by atoms with Crippen molar-refractivity contribution in [2.24, 2.45) is 0 Å². The van der Waals surface area contributed by atoms with Crippen LogP contribution < -0.4 is 16.0 Å². The predicted octanol–water partition coefficient (Wildman–Crippen LogP) is 13.9. The number of carbonyl (C=O) groups is 7. The quantitative estimate of drug-likeness (QED) is 0.0351. The van der Waals surface area contributed by atoms with Gasteiger partial charge >= 0.3 is 42.2 Å². The average molecular weight is 1240 g/mol. The Morgan fingerprint density at radius 2 is 0.706 bits per heavy atom. The maximum Gasteiger partial charge on any atom is 0.408 e. The highest BCUT2D eigenvalue weighted by Gasteiger charge is 2.26. The number of benzene rings is 3. The Balaban J connectivity index is 0.000000638. The number of ether oxygens (including phenoxy) is 6. The maximum absolute atomic E-state index is 12.3. The summed E-state index contributed by atoms with van der Waals surface area (Å²) in [6.45, 7) is 45.4. The largest absolute Gasteiger partial charge is 0.480 e. The van der Waals surface area contributed by atoms with Gasteiger partial charge in [0.1, 0.15) is 22.8 Å². The predicted molar refractivity (Wildman–Crippen MR) is 347 cm³/mol. The zero-order chi connectivity index (χ0) is 65.3. The van der Waals surface area contributed by atoms with E-state index in [-0.39, 0.29) is 48.8 Å². The summed E-state index contributed by atoms with van der Waals surface area (Å²) in [6, 6.07) is 24.5. The molecule has 0 bridgehead atoms. The van der Waals surface area contributed by atoms with Gasteiger partial charge in [-0.1, -0.05) is 132 Å². The van der Waals surface area contributed by atoms with Crippen molar-refractivity contribution >= 4 is 66.4 Å². The monoisotopic (exact) mass is 1240 g/mol. The molecule has 3 aromatic carbocycles.